The Kier molecular flexibility index (Phi) is 6.86. The summed E-state index contributed by atoms with van der Waals surface area (Å²) >= 11 is 0. The molecule has 28 heavy (non-hydrogen) atoms. The molecule has 0 aromatic heterocycles. The standard InChI is InChI=1S/C19H21F3N4O2/c1-26(2)17(27)14-5-3-4-13(12-14)10-11-24-18(23)25-15-6-8-16(9-7-15)28-19(20,21)22/h3-9,12H,10-11H2,1-2H3,(H3,23,24,25). The number of nitrogens with two attached hydrogens (primary N) is 1. The van der Waals surface area contributed by atoms with Crippen molar-refractivity contribution in [3.05, 3.63) is 59.7 Å². The Morgan fingerprint density at radius 1 is 1.18 bits per heavy atom. The number of guanidine groups is 1. The summed E-state index contributed by atoms with van der Waals surface area (Å²) in [6, 6.07) is 12.4. The van der Waals surface area contributed by atoms with Crippen molar-refractivity contribution < 1.29 is 22.7 Å². The van der Waals surface area contributed by atoms with Gasteiger partial charge in [0, 0.05) is 31.9 Å². The van der Waals surface area contributed by atoms with Crippen LogP contribution in [0.3, 0.4) is 0 Å². The van der Waals surface area contributed by atoms with E-state index < -0.39 is 6.36 Å². The van der Waals surface area contributed by atoms with Crippen molar-refractivity contribution in [2.75, 3.05) is 26.0 Å². The minimum atomic E-state index is -4.73. The van der Waals surface area contributed by atoms with Crippen molar-refractivity contribution in [1.82, 2.24) is 4.90 Å². The molecule has 0 atom stereocenters. The van der Waals surface area contributed by atoms with E-state index >= 15 is 0 Å². The zero-order chi connectivity index (χ0) is 20.7. The van der Waals surface area contributed by atoms with Crippen LogP contribution in [0.5, 0.6) is 5.75 Å². The summed E-state index contributed by atoms with van der Waals surface area (Å²) in [4.78, 5) is 17.7. The van der Waals surface area contributed by atoms with Crippen molar-refractivity contribution in [3.63, 3.8) is 0 Å². The fraction of sp³-hybridized carbons (Fsp3) is 0.263. The smallest absolute Gasteiger partial charge is 0.406 e. The number of halogens is 3. The lowest BCUT2D eigenvalue weighted by molar-refractivity contribution is -0.274. The number of benzene rings is 2. The number of hydrogen-bond acceptors (Lipinski definition) is 3. The lowest BCUT2D eigenvalue weighted by Gasteiger charge is -2.11. The summed E-state index contributed by atoms with van der Waals surface area (Å²) in [6.45, 7) is 0.383. The molecule has 0 unspecified atom stereocenters. The maximum Gasteiger partial charge on any atom is 0.573 e. The fourth-order valence-corrected chi connectivity index (χ4v) is 2.35. The second kappa shape index (κ2) is 9.12. The number of anilines is 1. The Bertz CT molecular complexity index is 834. The molecule has 0 fully saturated rings. The predicted octanol–water partition coefficient (Wildman–Crippen LogP) is 3.26. The number of carbonyl (C=O) groups excluding carboxylic acids is 1. The van der Waals surface area contributed by atoms with Gasteiger partial charge in [0.05, 0.1) is 0 Å². The first-order chi connectivity index (χ1) is 13.1. The molecule has 2 aromatic carbocycles. The van der Waals surface area contributed by atoms with Crippen LogP contribution in [0.15, 0.2) is 53.5 Å². The second-order valence-corrected chi connectivity index (χ2v) is 6.11. The van der Waals surface area contributed by atoms with Gasteiger partial charge in [-0.1, -0.05) is 12.1 Å². The first-order valence-corrected chi connectivity index (χ1v) is 8.37. The van der Waals surface area contributed by atoms with Gasteiger partial charge in [0.1, 0.15) is 5.75 Å². The molecule has 0 aliphatic rings. The topological polar surface area (TPSA) is 80.0 Å². The van der Waals surface area contributed by atoms with Crippen LogP contribution in [-0.4, -0.2) is 43.8 Å². The zero-order valence-corrected chi connectivity index (χ0v) is 15.5. The summed E-state index contributed by atoms with van der Waals surface area (Å²) in [5.74, 6) is -0.268. The van der Waals surface area contributed by atoms with Crippen molar-refractivity contribution in [3.8, 4) is 5.75 Å². The van der Waals surface area contributed by atoms with Crippen LogP contribution >= 0.6 is 0 Å². The highest BCUT2D eigenvalue weighted by atomic mass is 19.4. The van der Waals surface area contributed by atoms with E-state index in [-0.39, 0.29) is 17.6 Å². The van der Waals surface area contributed by atoms with E-state index in [1.54, 1.807) is 26.2 Å². The molecule has 0 radical (unpaired) electrons. The number of ether oxygens (including phenoxy) is 1. The van der Waals surface area contributed by atoms with Gasteiger partial charge in [0.15, 0.2) is 5.96 Å². The number of carbonyl (C=O) groups is 1. The van der Waals surface area contributed by atoms with E-state index in [1.165, 1.54) is 29.2 Å². The highest BCUT2D eigenvalue weighted by Crippen LogP contribution is 2.23. The van der Waals surface area contributed by atoms with Gasteiger partial charge in [0.25, 0.3) is 5.91 Å². The fourth-order valence-electron chi connectivity index (χ4n) is 2.35. The van der Waals surface area contributed by atoms with Crippen LogP contribution < -0.4 is 15.8 Å². The summed E-state index contributed by atoms with van der Waals surface area (Å²) in [7, 11) is 3.38. The van der Waals surface area contributed by atoms with Gasteiger partial charge >= 0.3 is 6.36 Å². The van der Waals surface area contributed by atoms with E-state index in [1.807, 2.05) is 12.1 Å². The molecule has 150 valence electrons. The zero-order valence-electron chi connectivity index (χ0n) is 15.5. The van der Waals surface area contributed by atoms with Gasteiger partial charge in [-0.2, -0.15) is 0 Å². The van der Waals surface area contributed by atoms with Crippen molar-refractivity contribution in [2.45, 2.75) is 12.8 Å². The lowest BCUT2D eigenvalue weighted by Crippen LogP contribution is -2.23. The van der Waals surface area contributed by atoms with E-state index in [9.17, 15) is 18.0 Å². The molecule has 6 nitrogen and oxygen atoms in total. The molecular formula is C19H21F3N4O2. The van der Waals surface area contributed by atoms with E-state index in [0.29, 0.717) is 24.2 Å². The monoisotopic (exact) mass is 394 g/mol. The van der Waals surface area contributed by atoms with E-state index in [0.717, 1.165) is 5.56 Å². The first-order valence-electron chi connectivity index (χ1n) is 8.37. The van der Waals surface area contributed by atoms with Gasteiger partial charge in [-0.3, -0.25) is 9.79 Å². The third kappa shape index (κ3) is 6.82. The maximum atomic E-state index is 12.1. The lowest BCUT2D eigenvalue weighted by atomic mass is 10.1. The molecule has 0 aliphatic heterocycles. The molecule has 0 aliphatic carbocycles. The molecule has 0 saturated heterocycles. The Hall–Kier alpha value is -3.23. The number of nitrogens with zero attached hydrogens (tertiary/aromatic N) is 2. The van der Waals surface area contributed by atoms with Crippen molar-refractivity contribution in [2.24, 2.45) is 10.7 Å². The minimum Gasteiger partial charge on any atom is -0.406 e. The predicted molar refractivity (Wildman–Crippen MR) is 101 cm³/mol. The number of rotatable bonds is 6. The third-order valence-electron chi connectivity index (χ3n) is 3.62. The first kappa shape index (κ1) is 21.1. The van der Waals surface area contributed by atoms with Crippen LogP contribution in [0.25, 0.3) is 0 Å². The number of hydrogen-bond donors (Lipinski definition) is 2. The molecule has 1 amide bonds. The molecule has 0 bridgehead atoms. The maximum absolute atomic E-state index is 12.1. The molecule has 2 rings (SSSR count). The Balaban J connectivity index is 1.89. The van der Waals surface area contributed by atoms with Crippen LogP contribution in [0.4, 0.5) is 18.9 Å². The van der Waals surface area contributed by atoms with Crippen LogP contribution in [0.1, 0.15) is 15.9 Å². The summed E-state index contributed by atoms with van der Waals surface area (Å²) in [5.41, 5.74) is 7.81. The Morgan fingerprint density at radius 2 is 1.86 bits per heavy atom. The molecule has 0 saturated carbocycles. The van der Waals surface area contributed by atoms with Crippen LogP contribution in [0, 0.1) is 0 Å². The number of amides is 1. The van der Waals surface area contributed by atoms with E-state index in [4.69, 9.17) is 5.73 Å². The average molecular weight is 394 g/mol. The average Bonchev–Trinajstić information content (AvgIpc) is 2.61. The summed E-state index contributed by atoms with van der Waals surface area (Å²) < 4.78 is 40.2. The second-order valence-electron chi connectivity index (χ2n) is 6.11. The molecule has 9 heteroatoms. The number of alkyl halides is 3. The van der Waals surface area contributed by atoms with Gasteiger partial charge < -0.3 is 20.7 Å². The van der Waals surface area contributed by atoms with Crippen molar-refractivity contribution in [1.29, 1.82) is 0 Å². The third-order valence-corrected chi connectivity index (χ3v) is 3.62. The highest BCUT2D eigenvalue weighted by molar-refractivity contribution is 5.94. The normalized spacial score (nSPS) is 11.8. The quantitative estimate of drug-likeness (QED) is 0.582. The van der Waals surface area contributed by atoms with Crippen LogP contribution in [-0.2, 0) is 6.42 Å². The van der Waals surface area contributed by atoms with Gasteiger partial charge in [-0.15, -0.1) is 13.2 Å². The van der Waals surface area contributed by atoms with Gasteiger partial charge in [-0.05, 0) is 48.4 Å². The van der Waals surface area contributed by atoms with Crippen molar-refractivity contribution >= 4 is 17.6 Å². The molecule has 0 heterocycles. The summed E-state index contributed by atoms with van der Waals surface area (Å²) in [5, 5.41) is 2.79. The van der Waals surface area contributed by atoms with Gasteiger partial charge in [-0.25, -0.2) is 0 Å². The van der Waals surface area contributed by atoms with Gasteiger partial charge in [0.2, 0.25) is 0 Å². The number of nitrogens with one attached hydrogen (secondary N) is 1. The molecule has 2 aromatic rings. The van der Waals surface area contributed by atoms with Crippen LogP contribution in [0.2, 0.25) is 0 Å². The SMILES string of the molecule is CN(C)C(=O)c1cccc(CCN=C(N)Nc2ccc(OC(F)(F)F)cc2)c1. The Labute approximate surface area is 160 Å². The number of aliphatic imine (C=N–C) groups is 1. The molecule has 3 N–H and O–H groups in total. The molecular weight excluding hydrogens is 373 g/mol. The summed E-state index contributed by atoms with van der Waals surface area (Å²) in [6.07, 6.45) is -4.15. The molecule has 0 spiro atoms. The largest absolute Gasteiger partial charge is 0.573 e. The van der Waals surface area contributed by atoms with E-state index in [2.05, 4.69) is 15.0 Å². The Morgan fingerprint density at radius 3 is 2.46 bits per heavy atom. The highest BCUT2D eigenvalue weighted by Gasteiger charge is 2.30. The minimum absolute atomic E-state index is 0.0792.